The highest BCUT2D eigenvalue weighted by atomic mass is 32.2. The zero-order valence-electron chi connectivity index (χ0n) is 18.7. The molecule has 2 aromatic rings. The van der Waals surface area contributed by atoms with Crippen molar-refractivity contribution in [1.82, 2.24) is 10.2 Å². The number of hydrogen-bond donors (Lipinski definition) is 1. The molecule has 8 nitrogen and oxygen atoms in total. The first-order valence-corrected chi connectivity index (χ1v) is 12.8. The predicted octanol–water partition coefficient (Wildman–Crippen LogP) is 2.64. The van der Waals surface area contributed by atoms with Crippen LogP contribution >= 0.6 is 0 Å². The predicted molar refractivity (Wildman–Crippen MR) is 123 cm³/mol. The number of nitrogens with zero attached hydrogens (tertiary/aromatic N) is 2. The van der Waals surface area contributed by atoms with E-state index in [2.05, 4.69) is 9.71 Å². The topological polar surface area (TPSA) is 97.3 Å². The van der Waals surface area contributed by atoms with Gasteiger partial charge in [-0.1, -0.05) is 12.1 Å². The Labute approximate surface area is 193 Å². The van der Waals surface area contributed by atoms with Gasteiger partial charge in [0.1, 0.15) is 28.5 Å². The molecule has 9 heteroatoms. The molecule has 0 saturated carbocycles. The zero-order valence-corrected chi connectivity index (χ0v) is 19.5. The number of rotatable bonds is 5. The smallest absolute Gasteiger partial charge is 0.285 e. The van der Waals surface area contributed by atoms with Crippen molar-refractivity contribution in [3.05, 3.63) is 53.1 Å². The maximum Gasteiger partial charge on any atom is 0.285 e. The number of amidine groups is 1. The van der Waals surface area contributed by atoms with Crippen LogP contribution in [0.4, 0.5) is 0 Å². The quantitative estimate of drug-likeness (QED) is 0.723. The highest BCUT2D eigenvalue weighted by Crippen LogP contribution is 2.35. The molecule has 33 heavy (non-hydrogen) atoms. The Balaban J connectivity index is 1.35. The van der Waals surface area contributed by atoms with E-state index in [-0.39, 0.29) is 16.9 Å². The minimum Gasteiger partial charge on any atom is -0.494 e. The van der Waals surface area contributed by atoms with Gasteiger partial charge < -0.3 is 19.7 Å². The van der Waals surface area contributed by atoms with Crippen molar-refractivity contribution in [2.24, 2.45) is 4.40 Å². The highest BCUT2D eigenvalue weighted by molar-refractivity contribution is 7.90. The maximum absolute atomic E-state index is 13.2. The number of amides is 1. The highest BCUT2D eigenvalue weighted by Gasteiger charge is 2.39. The van der Waals surface area contributed by atoms with Gasteiger partial charge in [0, 0.05) is 36.2 Å². The summed E-state index contributed by atoms with van der Waals surface area (Å²) >= 11 is 0. The summed E-state index contributed by atoms with van der Waals surface area (Å²) in [4.78, 5) is 15.2. The molecule has 2 atom stereocenters. The summed E-state index contributed by atoms with van der Waals surface area (Å²) < 4.78 is 40.7. The number of benzene rings is 2. The van der Waals surface area contributed by atoms with Crippen LogP contribution in [0.15, 0.2) is 45.7 Å². The lowest BCUT2D eigenvalue weighted by atomic mass is 10.1. The van der Waals surface area contributed by atoms with E-state index in [1.54, 1.807) is 24.3 Å². The van der Waals surface area contributed by atoms with Gasteiger partial charge in [0.25, 0.3) is 10.0 Å². The lowest BCUT2D eigenvalue weighted by Gasteiger charge is -2.25. The summed E-state index contributed by atoms with van der Waals surface area (Å²) in [5.41, 5.74) is 2.52. The van der Waals surface area contributed by atoms with Crippen molar-refractivity contribution in [3.63, 3.8) is 0 Å². The normalized spacial score (nSPS) is 22.4. The van der Waals surface area contributed by atoms with Crippen molar-refractivity contribution in [1.29, 1.82) is 0 Å². The molecule has 174 valence electrons. The first-order chi connectivity index (χ1) is 15.9. The second-order valence-electron chi connectivity index (χ2n) is 8.59. The standard InChI is InChI=1S/C24H27N3O5S/c1-3-31-20-12-16-11-15(2)32-21(16)13-17(20)14-25-24(28)19-8-6-10-27(19)23-18-7-4-5-9-22(18)33(29,30)26-23/h4-5,7,9,12-13,15,19H,3,6,8,10-11,14H2,1-2H3,(H,25,28)/t15-,19+/m1/s1. The molecule has 0 unspecified atom stereocenters. The molecule has 0 bridgehead atoms. The van der Waals surface area contributed by atoms with Gasteiger partial charge in [-0.25, -0.2) is 0 Å². The first kappa shape index (κ1) is 21.8. The number of carbonyl (C=O) groups excluding carboxylic acids is 1. The molecule has 3 aliphatic heterocycles. The number of nitrogens with one attached hydrogen (secondary N) is 1. The molecule has 0 spiro atoms. The second kappa shape index (κ2) is 8.37. The van der Waals surface area contributed by atoms with Crippen molar-refractivity contribution in [2.45, 2.75) is 56.7 Å². The van der Waals surface area contributed by atoms with Gasteiger partial charge in [-0.05, 0) is 51.0 Å². The summed E-state index contributed by atoms with van der Waals surface area (Å²) in [6.45, 7) is 5.36. The Morgan fingerprint density at radius 1 is 1.30 bits per heavy atom. The van der Waals surface area contributed by atoms with Crippen LogP contribution in [0.5, 0.6) is 11.5 Å². The maximum atomic E-state index is 13.2. The number of hydrogen-bond acceptors (Lipinski definition) is 6. The minimum absolute atomic E-state index is 0.123. The summed E-state index contributed by atoms with van der Waals surface area (Å²) in [5, 5.41) is 3.02. The van der Waals surface area contributed by atoms with E-state index in [1.165, 1.54) is 0 Å². The van der Waals surface area contributed by atoms with Gasteiger partial charge in [0.05, 0.1) is 6.61 Å². The fourth-order valence-electron chi connectivity index (χ4n) is 4.80. The SMILES string of the molecule is CCOc1cc2c(cc1CNC(=O)[C@@H]1CCCN1C1=NS(=O)(=O)c3ccccc31)O[C@H](C)C2. The van der Waals surface area contributed by atoms with Crippen LogP contribution in [0.1, 0.15) is 43.4 Å². The molecule has 0 radical (unpaired) electrons. The van der Waals surface area contributed by atoms with Crippen molar-refractivity contribution in [2.75, 3.05) is 13.2 Å². The van der Waals surface area contributed by atoms with Gasteiger partial charge in [-0.2, -0.15) is 8.42 Å². The molecule has 3 aliphatic rings. The van der Waals surface area contributed by atoms with Gasteiger partial charge >= 0.3 is 0 Å². The lowest BCUT2D eigenvalue weighted by molar-refractivity contribution is -0.124. The van der Waals surface area contributed by atoms with E-state index in [0.29, 0.717) is 37.5 Å². The minimum atomic E-state index is -3.73. The summed E-state index contributed by atoms with van der Waals surface area (Å²) in [5.74, 6) is 1.78. The Bertz CT molecular complexity index is 1240. The van der Waals surface area contributed by atoms with Crippen molar-refractivity contribution in [3.8, 4) is 11.5 Å². The Hall–Kier alpha value is -3.07. The number of likely N-dealkylation sites (tertiary alicyclic amines) is 1. The van der Waals surface area contributed by atoms with Crippen LogP contribution in [0.25, 0.3) is 0 Å². The van der Waals surface area contributed by atoms with Crippen LogP contribution in [0, 0.1) is 0 Å². The first-order valence-electron chi connectivity index (χ1n) is 11.3. The monoisotopic (exact) mass is 469 g/mol. The van der Waals surface area contributed by atoms with Crippen LogP contribution in [-0.2, 0) is 27.8 Å². The number of carbonyl (C=O) groups is 1. The average molecular weight is 470 g/mol. The van der Waals surface area contributed by atoms with Crippen LogP contribution in [0.3, 0.4) is 0 Å². The fourth-order valence-corrected chi connectivity index (χ4v) is 6.02. The molecule has 0 aliphatic carbocycles. The molecule has 1 fully saturated rings. The van der Waals surface area contributed by atoms with Gasteiger partial charge in [0.2, 0.25) is 5.91 Å². The van der Waals surface area contributed by atoms with Crippen molar-refractivity contribution < 1.29 is 22.7 Å². The van der Waals surface area contributed by atoms with Crippen LogP contribution < -0.4 is 14.8 Å². The second-order valence-corrected chi connectivity index (χ2v) is 10.2. The average Bonchev–Trinajstić information content (AvgIpc) is 3.47. The third-order valence-corrected chi connectivity index (χ3v) is 7.60. The van der Waals surface area contributed by atoms with Gasteiger partial charge in [0.15, 0.2) is 5.84 Å². The molecule has 1 amide bonds. The number of sulfonamides is 1. The van der Waals surface area contributed by atoms with Crippen LogP contribution in [-0.4, -0.2) is 50.4 Å². The van der Waals surface area contributed by atoms with E-state index in [1.807, 2.05) is 30.9 Å². The van der Waals surface area contributed by atoms with Gasteiger partial charge in [-0.3, -0.25) is 4.79 Å². The van der Waals surface area contributed by atoms with Crippen LogP contribution in [0.2, 0.25) is 0 Å². The summed E-state index contributed by atoms with van der Waals surface area (Å²) in [6.07, 6.45) is 2.38. The third-order valence-electron chi connectivity index (χ3n) is 6.27. The molecule has 2 aromatic carbocycles. The molecule has 0 aromatic heterocycles. The molecule has 1 saturated heterocycles. The zero-order chi connectivity index (χ0) is 23.2. The lowest BCUT2D eigenvalue weighted by Crippen LogP contribution is -2.45. The third kappa shape index (κ3) is 3.94. The summed E-state index contributed by atoms with van der Waals surface area (Å²) in [6, 6.07) is 10.2. The molecular formula is C24H27N3O5S. The van der Waals surface area contributed by atoms with E-state index in [9.17, 15) is 13.2 Å². The van der Waals surface area contributed by atoms with E-state index in [4.69, 9.17) is 9.47 Å². The largest absolute Gasteiger partial charge is 0.494 e. The van der Waals surface area contributed by atoms with Crippen molar-refractivity contribution >= 4 is 21.8 Å². The Kier molecular flexibility index (Phi) is 5.52. The Morgan fingerprint density at radius 3 is 2.94 bits per heavy atom. The molecule has 1 N–H and O–H groups in total. The molecule has 5 rings (SSSR count). The Morgan fingerprint density at radius 2 is 2.12 bits per heavy atom. The van der Waals surface area contributed by atoms with E-state index in [0.717, 1.165) is 35.5 Å². The van der Waals surface area contributed by atoms with Gasteiger partial charge in [-0.15, -0.1) is 4.40 Å². The fraction of sp³-hybridized carbons (Fsp3) is 0.417. The number of ether oxygens (including phenoxy) is 2. The molecular weight excluding hydrogens is 442 g/mol. The molecule has 3 heterocycles. The summed E-state index contributed by atoms with van der Waals surface area (Å²) in [7, 11) is -3.73. The number of fused-ring (bicyclic) bond motifs is 2. The van der Waals surface area contributed by atoms with E-state index < -0.39 is 16.1 Å². The van der Waals surface area contributed by atoms with E-state index >= 15 is 0 Å².